The predicted molar refractivity (Wildman–Crippen MR) is 77.5 cm³/mol. The van der Waals surface area contributed by atoms with E-state index in [-0.39, 0.29) is 5.91 Å². The molecule has 3 atom stereocenters. The number of hydrogen-bond donors (Lipinski definition) is 1. The van der Waals surface area contributed by atoms with Gasteiger partial charge < -0.3 is 10.1 Å². The number of amides is 1. The van der Waals surface area contributed by atoms with Crippen LogP contribution in [0.1, 0.15) is 18.9 Å². The second-order valence-corrected chi connectivity index (χ2v) is 6.08. The van der Waals surface area contributed by atoms with E-state index in [0.29, 0.717) is 24.3 Å². The molecule has 1 aromatic carbocycles. The quantitative estimate of drug-likeness (QED) is 0.911. The number of carbonyl (C=O) groups is 1. The highest BCUT2D eigenvalue weighted by Gasteiger charge is 2.40. The highest BCUT2D eigenvalue weighted by Crippen LogP contribution is 2.30. The molecule has 0 unspecified atom stereocenters. The maximum atomic E-state index is 11.5. The van der Waals surface area contributed by atoms with Crippen LogP contribution >= 0.6 is 0 Å². The number of nitrogens with zero attached hydrogens (tertiary/aromatic N) is 1. The molecular weight excluding hydrogens is 252 g/mol. The van der Waals surface area contributed by atoms with E-state index in [2.05, 4.69) is 29.3 Å². The van der Waals surface area contributed by atoms with Crippen molar-refractivity contribution in [1.82, 2.24) is 10.2 Å². The molecule has 2 aliphatic heterocycles. The van der Waals surface area contributed by atoms with Gasteiger partial charge in [-0.05, 0) is 23.6 Å². The van der Waals surface area contributed by atoms with E-state index in [0.717, 1.165) is 25.4 Å². The molecule has 1 aromatic rings. The van der Waals surface area contributed by atoms with Gasteiger partial charge in [0.25, 0.3) is 0 Å². The fourth-order valence-electron chi connectivity index (χ4n) is 3.56. The van der Waals surface area contributed by atoms with Crippen LogP contribution in [-0.4, -0.2) is 37.0 Å². The molecule has 20 heavy (non-hydrogen) atoms. The molecule has 4 nitrogen and oxygen atoms in total. The Kier molecular flexibility index (Phi) is 3.66. The summed E-state index contributed by atoms with van der Waals surface area (Å²) in [5.74, 6) is 2.12. The summed E-state index contributed by atoms with van der Waals surface area (Å²) in [4.78, 5) is 14.0. The highest BCUT2D eigenvalue weighted by atomic mass is 16.5. The van der Waals surface area contributed by atoms with Crippen LogP contribution in [-0.2, 0) is 11.3 Å². The number of methoxy groups -OCH3 is 1. The molecule has 2 fully saturated rings. The van der Waals surface area contributed by atoms with Crippen molar-refractivity contribution in [2.45, 2.75) is 25.9 Å². The molecule has 4 heteroatoms. The minimum atomic E-state index is 0.221. The lowest BCUT2D eigenvalue weighted by Crippen LogP contribution is -2.49. The standard InChI is InChI=1S/C16H22N2O2/c1-11-8-18(10-13-7-15(19)17-16(11)13)9-12-3-5-14(20-2)6-4-12/h3-6,11,13,16H,7-10H2,1-2H3,(H,17,19)/t11-,13-,16+/m1/s1. The van der Waals surface area contributed by atoms with Crippen LogP contribution < -0.4 is 10.1 Å². The number of piperidine rings is 1. The van der Waals surface area contributed by atoms with E-state index < -0.39 is 0 Å². The minimum absolute atomic E-state index is 0.221. The molecule has 0 saturated carbocycles. The zero-order valence-electron chi connectivity index (χ0n) is 12.1. The summed E-state index contributed by atoms with van der Waals surface area (Å²) in [6.45, 7) is 5.25. The first-order valence-corrected chi connectivity index (χ1v) is 7.30. The molecule has 1 N–H and O–H groups in total. The molecule has 0 aromatic heterocycles. The Bertz CT molecular complexity index is 486. The first-order valence-electron chi connectivity index (χ1n) is 7.30. The van der Waals surface area contributed by atoms with Gasteiger partial charge in [-0.1, -0.05) is 19.1 Å². The van der Waals surface area contributed by atoms with Gasteiger partial charge >= 0.3 is 0 Å². The van der Waals surface area contributed by atoms with Gasteiger partial charge in [-0.2, -0.15) is 0 Å². The van der Waals surface area contributed by atoms with E-state index >= 15 is 0 Å². The second-order valence-electron chi connectivity index (χ2n) is 6.08. The maximum Gasteiger partial charge on any atom is 0.220 e. The average molecular weight is 274 g/mol. The Balaban J connectivity index is 1.64. The zero-order valence-corrected chi connectivity index (χ0v) is 12.1. The molecule has 1 amide bonds. The summed E-state index contributed by atoms with van der Waals surface area (Å²) in [5.41, 5.74) is 1.30. The number of fused-ring (bicyclic) bond motifs is 1. The molecular formula is C16H22N2O2. The highest BCUT2D eigenvalue weighted by molar-refractivity contribution is 5.79. The van der Waals surface area contributed by atoms with E-state index in [9.17, 15) is 4.79 Å². The molecule has 2 saturated heterocycles. The molecule has 3 rings (SSSR count). The van der Waals surface area contributed by atoms with Crippen LogP contribution in [0.4, 0.5) is 0 Å². The molecule has 0 radical (unpaired) electrons. The van der Waals surface area contributed by atoms with E-state index in [1.54, 1.807) is 7.11 Å². The number of likely N-dealkylation sites (tertiary alicyclic amines) is 1. The smallest absolute Gasteiger partial charge is 0.220 e. The maximum absolute atomic E-state index is 11.5. The van der Waals surface area contributed by atoms with Crippen molar-refractivity contribution >= 4 is 5.91 Å². The first-order chi connectivity index (χ1) is 9.65. The summed E-state index contributed by atoms with van der Waals surface area (Å²) in [5, 5.41) is 3.12. The van der Waals surface area contributed by atoms with Crippen molar-refractivity contribution in [2.24, 2.45) is 11.8 Å². The van der Waals surface area contributed by atoms with Crippen LogP contribution in [0, 0.1) is 11.8 Å². The van der Waals surface area contributed by atoms with Crippen LogP contribution in [0.2, 0.25) is 0 Å². The van der Waals surface area contributed by atoms with Crippen LogP contribution in [0.3, 0.4) is 0 Å². The van der Waals surface area contributed by atoms with Gasteiger partial charge in [0, 0.05) is 38.0 Å². The fraction of sp³-hybridized carbons (Fsp3) is 0.562. The largest absolute Gasteiger partial charge is 0.497 e. The van der Waals surface area contributed by atoms with Crippen LogP contribution in [0.15, 0.2) is 24.3 Å². The third kappa shape index (κ3) is 2.66. The molecule has 0 aliphatic carbocycles. The lowest BCUT2D eigenvalue weighted by molar-refractivity contribution is -0.119. The molecule has 2 heterocycles. The van der Waals surface area contributed by atoms with Crippen LogP contribution in [0.5, 0.6) is 5.75 Å². The van der Waals surface area contributed by atoms with Gasteiger partial charge in [0.2, 0.25) is 5.91 Å². The fourth-order valence-corrected chi connectivity index (χ4v) is 3.56. The van der Waals surface area contributed by atoms with E-state index in [1.807, 2.05) is 12.1 Å². The topological polar surface area (TPSA) is 41.6 Å². The van der Waals surface area contributed by atoms with Crippen molar-refractivity contribution in [3.63, 3.8) is 0 Å². The number of rotatable bonds is 3. The summed E-state index contributed by atoms with van der Waals surface area (Å²) in [7, 11) is 1.69. The van der Waals surface area contributed by atoms with Gasteiger partial charge in [-0.25, -0.2) is 0 Å². The van der Waals surface area contributed by atoms with E-state index in [4.69, 9.17) is 4.74 Å². The second kappa shape index (κ2) is 5.44. The lowest BCUT2D eigenvalue weighted by atomic mass is 9.85. The van der Waals surface area contributed by atoms with Crippen molar-refractivity contribution in [1.29, 1.82) is 0 Å². The summed E-state index contributed by atoms with van der Waals surface area (Å²) in [6.07, 6.45) is 0.689. The Morgan fingerprint density at radius 2 is 2.05 bits per heavy atom. The van der Waals surface area contributed by atoms with E-state index in [1.165, 1.54) is 5.56 Å². The third-order valence-corrected chi connectivity index (χ3v) is 4.50. The van der Waals surface area contributed by atoms with Gasteiger partial charge in [-0.15, -0.1) is 0 Å². The molecule has 0 spiro atoms. The number of nitrogens with one attached hydrogen (secondary N) is 1. The van der Waals surface area contributed by atoms with Gasteiger partial charge in [0.05, 0.1) is 7.11 Å². The third-order valence-electron chi connectivity index (χ3n) is 4.50. The molecule has 108 valence electrons. The number of hydrogen-bond acceptors (Lipinski definition) is 3. The Labute approximate surface area is 120 Å². The first kappa shape index (κ1) is 13.4. The predicted octanol–water partition coefficient (Wildman–Crippen LogP) is 1.65. The molecule has 0 bridgehead atoms. The Morgan fingerprint density at radius 1 is 1.30 bits per heavy atom. The normalized spacial score (nSPS) is 29.9. The Morgan fingerprint density at radius 3 is 2.75 bits per heavy atom. The minimum Gasteiger partial charge on any atom is -0.497 e. The molecule has 2 aliphatic rings. The monoisotopic (exact) mass is 274 g/mol. The average Bonchev–Trinajstić information content (AvgIpc) is 2.81. The summed E-state index contributed by atoms with van der Waals surface area (Å²) < 4.78 is 5.19. The number of ether oxygens (including phenoxy) is 1. The summed E-state index contributed by atoms with van der Waals surface area (Å²) in [6, 6.07) is 8.63. The van der Waals surface area contributed by atoms with Gasteiger partial charge in [0.1, 0.15) is 5.75 Å². The van der Waals surface area contributed by atoms with Gasteiger partial charge in [0.15, 0.2) is 0 Å². The SMILES string of the molecule is COc1ccc(CN2C[C@H]3CC(=O)N[C@H]3[C@H](C)C2)cc1. The number of carbonyl (C=O) groups excluding carboxylic acids is 1. The number of benzene rings is 1. The van der Waals surface area contributed by atoms with Crippen LogP contribution in [0.25, 0.3) is 0 Å². The zero-order chi connectivity index (χ0) is 14.1. The Hall–Kier alpha value is -1.55. The van der Waals surface area contributed by atoms with Crippen molar-refractivity contribution in [3.8, 4) is 5.75 Å². The summed E-state index contributed by atoms with van der Waals surface area (Å²) >= 11 is 0. The lowest BCUT2D eigenvalue weighted by Gasteiger charge is -2.38. The van der Waals surface area contributed by atoms with Crippen molar-refractivity contribution in [2.75, 3.05) is 20.2 Å². The van der Waals surface area contributed by atoms with Gasteiger partial charge in [-0.3, -0.25) is 9.69 Å². The van der Waals surface area contributed by atoms with Crippen molar-refractivity contribution < 1.29 is 9.53 Å². The van der Waals surface area contributed by atoms with Crippen molar-refractivity contribution in [3.05, 3.63) is 29.8 Å².